The summed E-state index contributed by atoms with van der Waals surface area (Å²) in [4.78, 5) is 24.6. The molecule has 4 aromatic rings. The van der Waals surface area contributed by atoms with Crippen molar-refractivity contribution in [3.8, 4) is 22.8 Å². The van der Waals surface area contributed by atoms with E-state index in [4.69, 9.17) is 15.2 Å². The van der Waals surface area contributed by atoms with E-state index in [1.165, 1.54) is 0 Å². The van der Waals surface area contributed by atoms with Crippen LogP contribution in [-0.2, 0) is 13.0 Å². The van der Waals surface area contributed by atoms with Gasteiger partial charge in [-0.3, -0.25) is 10.1 Å². The van der Waals surface area contributed by atoms with Gasteiger partial charge in [0.2, 0.25) is 0 Å². The van der Waals surface area contributed by atoms with Gasteiger partial charge >= 0.3 is 6.09 Å². The molecule has 0 unspecified atom stereocenters. The lowest BCUT2D eigenvalue weighted by atomic mass is 10.1. The van der Waals surface area contributed by atoms with Gasteiger partial charge in [-0.05, 0) is 66.6 Å². The Morgan fingerprint density at radius 1 is 1.03 bits per heavy atom. The first-order chi connectivity index (χ1) is 17.0. The largest absolute Gasteiger partial charge is 0.497 e. The fraction of sp³-hybridized carbons (Fsp3) is 0.115. The Morgan fingerprint density at radius 2 is 1.77 bits per heavy atom. The van der Waals surface area contributed by atoms with Crippen LogP contribution in [0.15, 0.2) is 72.8 Å². The molecular weight excluding hydrogens is 446 g/mol. The van der Waals surface area contributed by atoms with Crippen molar-refractivity contribution in [1.82, 2.24) is 9.78 Å². The van der Waals surface area contributed by atoms with Crippen molar-refractivity contribution in [3.05, 3.63) is 83.9 Å². The first-order valence-corrected chi connectivity index (χ1v) is 11.0. The van der Waals surface area contributed by atoms with Crippen molar-refractivity contribution in [2.45, 2.75) is 13.0 Å². The smallest absolute Gasteiger partial charge is 0.417 e. The van der Waals surface area contributed by atoms with E-state index in [0.717, 1.165) is 17.0 Å². The van der Waals surface area contributed by atoms with Crippen LogP contribution in [0, 0.1) is 0 Å². The molecule has 35 heavy (non-hydrogen) atoms. The lowest BCUT2D eigenvalue weighted by Gasteiger charge is -2.10. The minimum Gasteiger partial charge on any atom is -0.497 e. The number of nitrogens with two attached hydrogens (primary N) is 1. The van der Waals surface area contributed by atoms with E-state index in [0.29, 0.717) is 47.0 Å². The molecule has 0 radical (unpaired) electrons. The first kappa shape index (κ1) is 22.0. The van der Waals surface area contributed by atoms with Crippen molar-refractivity contribution < 1.29 is 19.1 Å². The third kappa shape index (κ3) is 4.51. The van der Waals surface area contributed by atoms with E-state index in [1.54, 1.807) is 48.2 Å². The number of amides is 2. The zero-order valence-corrected chi connectivity index (χ0v) is 18.9. The van der Waals surface area contributed by atoms with Gasteiger partial charge in [0.25, 0.3) is 5.91 Å². The Kier molecular flexibility index (Phi) is 5.80. The summed E-state index contributed by atoms with van der Waals surface area (Å²) < 4.78 is 12.4. The van der Waals surface area contributed by atoms with Gasteiger partial charge in [0, 0.05) is 23.5 Å². The lowest BCUT2D eigenvalue weighted by molar-refractivity contribution is 0.100. The zero-order chi connectivity index (χ0) is 24.4. The number of para-hydroxylation sites is 1. The number of methoxy groups -OCH3 is 1. The molecule has 9 nitrogen and oxygen atoms in total. The molecule has 1 aliphatic heterocycles. The molecule has 0 aliphatic carbocycles. The van der Waals surface area contributed by atoms with Gasteiger partial charge in [-0.15, -0.1) is 0 Å². The number of nitrogens with one attached hydrogen (secondary N) is 2. The Labute approximate surface area is 201 Å². The number of benzene rings is 3. The minimum absolute atomic E-state index is 0.296. The fourth-order valence-corrected chi connectivity index (χ4v) is 4.02. The summed E-state index contributed by atoms with van der Waals surface area (Å²) in [6, 6.07) is 21.5. The molecule has 5 rings (SSSR count). The van der Waals surface area contributed by atoms with Crippen LogP contribution in [-0.4, -0.2) is 28.9 Å². The predicted octanol–water partition coefficient (Wildman–Crippen LogP) is 4.57. The van der Waals surface area contributed by atoms with Crippen LogP contribution in [0.3, 0.4) is 0 Å². The molecule has 0 spiro atoms. The lowest BCUT2D eigenvalue weighted by Crippen LogP contribution is -2.16. The van der Waals surface area contributed by atoms with Crippen LogP contribution in [0.25, 0.3) is 11.3 Å². The van der Waals surface area contributed by atoms with E-state index < -0.39 is 12.0 Å². The van der Waals surface area contributed by atoms with Crippen LogP contribution in [0.1, 0.15) is 15.9 Å². The highest BCUT2D eigenvalue weighted by Crippen LogP contribution is 2.35. The number of carbonyl (C=O) groups is 2. The molecule has 3 aromatic carbocycles. The molecule has 0 saturated carbocycles. The van der Waals surface area contributed by atoms with Crippen LogP contribution >= 0.6 is 0 Å². The summed E-state index contributed by atoms with van der Waals surface area (Å²) >= 11 is 0. The Bertz CT molecular complexity index is 1400. The van der Waals surface area contributed by atoms with Crippen molar-refractivity contribution in [1.29, 1.82) is 0 Å². The van der Waals surface area contributed by atoms with Gasteiger partial charge in [-0.1, -0.05) is 18.2 Å². The Balaban J connectivity index is 1.40. The van der Waals surface area contributed by atoms with Crippen LogP contribution in [0.5, 0.6) is 11.5 Å². The molecule has 4 N–H and O–H groups in total. The molecule has 176 valence electrons. The number of anilines is 3. The van der Waals surface area contributed by atoms with E-state index in [9.17, 15) is 9.59 Å². The number of hydrogen-bond acceptors (Lipinski definition) is 6. The van der Waals surface area contributed by atoms with Gasteiger partial charge in [-0.25, -0.2) is 9.48 Å². The van der Waals surface area contributed by atoms with Crippen LogP contribution in [0.4, 0.5) is 22.0 Å². The number of primary amides is 1. The average molecular weight is 470 g/mol. The molecule has 2 heterocycles. The second-order valence-corrected chi connectivity index (χ2v) is 7.96. The molecule has 0 fully saturated rings. The van der Waals surface area contributed by atoms with E-state index in [-0.39, 0.29) is 0 Å². The molecule has 1 aromatic heterocycles. The number of fused-ring (bicyclic) bond motifs is 2. The highest BCUT2D eigenvalue weighted by atomic mass is 16.6. The SMILES string of the molecule is COc1ccc2c(c1)CCn1nc(-c3ccc(OC(=O)Nc4ccccc4)cc3)c(C(N)=O)c1N2. The van der Waals surface area contributed by atoms with Crippen molar-refractivity contribution in [3.63, 3.8) is 0 Å². The van der Waals surface area contributed by atoms with Crippen LogP contribution in [0.2, 0.25) is 0 Å². The number of rotatable bonds is 5. The standard InChI is InChI=1S/C26H23N5O4/c1-34-20-11-12-21-17(15-20)13-14-31-25(29-21)22(24(27)32)23(30-31)16-7-9-19(10-8-16)35-26(33)28-18-5-3-2-4-6-18/h2-12,15,29H,13-14H2,1H3,(H2,27,32)(H,28,33). The van der Waals surface area contributed by atoms with Crippen molar-refractivity contribution in [2.24, 2.45) is 5.73 Å². The minimum atomic E-state index is -0.602. The van der Waals surface area contributed by atoms with Gasteiger partial charge in [0.15, 0.2) is 0 Å². The number of ether oxygens (including phenoxy) is 2. The highest BCUT2D eigenvalue weighted by molar-refractivity contribution is 6.04. The normalized spacial score (nSPS) is 11.9. The third-order valence-corrected chi connectivity index (χ3v) is 5.72. The topological polar surface area (TPSA) is 120 Å². The molecule has 0 saturated heterocycles. The highest BCUT2D eigenvalue weighted by Gasteiger charge is 2.26. The molecule has 1 aliphatic rings. The monoisotopic (exact) mass is 469 g/mol. The summed E-state index contributed by atoms with van der Waals surface area (Å²) in [5.74, 6) is 1.07. The molecule has 0 bridgehead atoms. The van der Waals surface area contributed by atoms with E-state index in [2.05, 4.69) is 15.7 Å². The van der Waals surface area contributed by atoms with Crippen molar-refractivity contribution >= 4 is 29.2 Å². The summed E-state index contributed by atoms with van der Waals surface area (Å²) in [6.45, 7) is 0.559. The number of nitrogens with zero attached hydrogens (tertiary/aromatic N) is 2. The quantitative estimate of drug-likeness (QED) is 0.394. The molecule has 9 heteroatoms. The second-order valence-electron chi connectivity index (χ2n) is 7.96. The summed E-state index contributed by atoms with van der Waals surface area (Å²) in [6.07, 6.45) is 0.102. The summed E-state index contributed by atoms with van der Waals surface area (Å²) in [5, 5.41) is 10.7. The molecular formula is C26H23N5O4. The fourth-order valence-electron chi connectivity index (χ4n) is 4.02. The molecule has 2 amide bonds. The van der Waals surface area contributed by atoms with Crippen molar-refractivity contribution in [2.75, 3.05) is 17.7 Å². The van der Waals surface area contributed by atoms with E-state index in [1.807, 2.05) is 36.4 Å². The zero-order valence-electron chi connectivity index (χ0n) is 18.9. The molecule has 0 atom stereocenters. The number of aryl methyl sites for hydroxylation is 2. The maximum absolute atomic E-state index is 12.5. The van der Waals surface area contributed by atoms with Crippen LogP contribution < -0.4 is 25.8 Å². The Hall–Kier alpha value is -4.79. The Morgan fingerprint density at radius 3 is 2.49 bits per heavy atom. The van der Waals surface area contributed by atoms with Gasteiger partial charge in [0.05, 0.1) is 7.11 Å². The van der Waals surface area contributed by atoms with E-state index >= 15 is 0 Å². The second kappa shape index (κ2) is 9.22. The average Bonchev–Trinajstić information content (AvgIpc) is 3.13. The number of aromatic nitrogens is 2. The summed E-state index contributed by atoms with van der Waals surface area (Å²) in [7, 11) is 1.63. The number of carbonyl (C=O) groups excluding carboxylic acids is 2. The maximum atomic E-state index is 12.5. The first-order valence-electron chi connectivity index (χ1n) is 11.0. The van der Waals surface area contributed by atoms with Gasteiger partial charge in [0.1, 0.15) is 28.6 Å². The third-order valence-electron chi connectivity index (χ3n) is 5.72. The number of hydrogen-bond donors (Lipinski definition) is 3. The van der Waals surface area contributed by atoms with Gasteiger partial charge in [-0.2, -0.15) is 5.10 Å². The maximum Gasteiger partial charge on any atom is 0.417 e. The predicted molar refractivity (Wildman–Crippen MR) is 132 cm³/mol. The summed E-state index contributed by atoms with van der Waals surface area (Å²) in [5.41, 5.74) is 9.76. The van der Waals surface area contributed by atoms with Gasteiger partial charge < -0.3 is 20.5 Å².